The van der Waals surface area contributed by atoms with Crippen molar-refractivity contribution in [3.8, 4) is 0 Å². The zero-order valence-electron chi connectivity index (χ0n) is 18.4. The Balaban J connectivity index is 0.00000392. The fourth-order valence-electron chi connectivity index (χ4n) is 3.49. The number of likely N-dealkylation sites (tertiary alicyclic amines) is 1. The van der Waals surface area contributed by atoms with Crippen LogP contribution in [0.15, 0.2) is 9.41 Å². The molecule has 0 radical (unpaired) electrons. The number of guanidine groups is 1. The number of rotatable bonds is 9. The molecule has 1 fully saturated rings. The van der Waals surface area contributed by atoms with Crippen molar-refractivity contribution < 1.29 is 4.42 Å². The Morgan fingerprint density at radius 3 is 2.50 bits per heavy atom. The van der Waals surface area contributed by atoms with E-state index in [2.05, 4.69) is 39.4 Å². The minimum absolute atomic E-state index is 0. The van der Waals surface area contributed by atoms with Crippen LogP contribution in [0.25, 0.3) is 0 Å². The summed E-state index contributed by atoms with van der Waals surface area (Å²) in [6.07, 6.45) is 6.20. The number of aliphatic imine (C=N–C) groups is 1. The number of nitrogens with zero attached hydrogens (tertiary/aromatic N) is 3. The lowest BCUT2D eigenvalue weighted by Crippen LogP contribution is -2.43. The highest BCUT2D eigenvalue weighted by atomic mass is 127. The molecule has 0 aliphatic carbocycles. The summed E-state index contributed by atoms with van der Waals surface area (Å²) in [5.74, 6) is 4.22. The summed E-state index contributed by atoms with van der Waals surface area (Å²) in [6.45, 7) is 13.6. The average molecular weight is 505 g/mol. The van der Waals surface area contributed by atoms with E-state index in [1.54, 1.807) is 0 Å². The lowest BCUT2D eigenvalue weighted by molar-refractivity contribution is 0.164. The molecule has 0 spiro atoms. The summed E-state index contributed by atoms with van der Waals surface area (Å²) in [7, 11) is 1.85. The first-order valence-corrected chi connectivity index (χ1v) is 10.6. The Bertz CT molecular complexity index is 560. The molecule has 2 N–H and O–H groups in total. The van der Waals surface area contributed by atoms with Gasteiger partial charge in [0.1, 0.15) is 5.76 Å². The van der Waals surface area contributed by atoms with Gasteiger partial charge >= 0.3 is 0 Å². The van der Waals surface area contributed by atoms with Crippen molar-refractivity contribution in [1.82, 2.24) is 20.5 Å². The van der Waals surface area contributed by atoms with Crippen LogP contribution in [0, 0.1) is 25.7 Å². The first-order valence-electron chi connectivity index (χ1n) is 10.6. The van der Waals surface area contributed by atoms with Crippen molar-refractivity contribution in [3.63, 3.8) is 0 Å². The zero-order valence-corrected chi connectivity index (χ0v) is 20.7. The van der Waals surface area contributed by atoms with Crippen LogP contribution in [0.2, 0.25) is 0 Å². The van der Waals surface area contributed by atoms with Gasteiger partial charge in [0.05, 0.1) is 12.2 Å². The molecule has 2 heterocycles. The fourth-order valence-corrected chi connectivity index (χ4v) is 3.49. The van der Waals surface area contributed by atoms with Crippen LogP contribution in [0.1, 0.15) is 63.3 Å². The third-order valence-electron chi connectivity index (χ3n) is 5.42. The summed E-state index contributed by atoms with van der Waals surface area (Å²) in [5, 5.41) is 6.94. The van der Waals surface area contributed by atoms with Gasteiger partial charge in [-0.3, -0.25) is 9.89 Å². The molecule has 1 saturated heterocycles. The predicted molar refractivity (Wildman–Crippen MR) is 127 cm³/mol. The Labute approximate surface area is 188 Å². The monoisotopic (exact) mass is 505 g/mol. The van der Waals surface area contributed by atoms with Gasteiger partial charge in [0, 0.05) is 20.1 Å². The second-order valence-electron chi connectivity index (χ2n) is 8.24. The molecule has 1 aromatic rings. The molecule has 0 aromatic carbocycles. The Kier molecular flexibility index (Phi) is 12.1. The topological polar surface area (TPSA) is 65.7 Å². The van der Waals surface area contributed by atoms with E-state index in [1.807, 2.05) is 20.9 Å². The Morgan fingerprint density at radius 1 is 1.21 bits per heavy atom. The maximum Gasteiger partial charge on any atom is 0.208 e. The molecule has 162 valence electrons. The summed E-state index contributed by atoms with van der Waals surface area (Å²) in [5.41, 5.74) is 1.01. The molecule has 1 aliphatic heterocycles. The van der Waals surface area contributed by atoms with Crippen molar-refractivity contribution in [1.29, 1.82) is 0 Å². The molecular formula is C21H40IN5O. The summed E-state index contributed by atoms with van der Waals surface area (Å²) < 4.78 is 5.72. The van der Waals surface area contributed by atoms with E-state index in [1.165, 1.54) is 32.1 Å². The lowest BCUT2D eigenvalue weighted by Gasteiger charge is -2.31. The molecule has 6 nitrogen and oxygen atoms in total. The van der Waals surface area contributed by atoms with Gasteiger partial charge in [0.15, 0.2) is 5.96 Å². The van der Waals surface area contributed by atoms with Crippen molar-refractivity contribution in [2.75, 3.05) is 33.2 Å². The second-order valence-corrected chi connectivity index (χ2v) is 8.24. The Morgan fingerprint density at radius 2 is 1.93 bits per heavy atom. The molecule has 0 atom stereocenters. The largest absolute Gasteiger partial charge is 0.444 e. The van der Waals surface area contributed by atoms with Gasteiger partial charge in [-0.25, -0.2) is 4.98 Å². The maximum absolute atomic E-state index is 5.72. The molecule has 1 aliphatic rings. The van der Waals surface area contributed by atoms with Gasteiger partial charge in [-0.1, -0.05) is 26.7 Å². The van der Waals surface area contributed by atoms with E-state index in [9.17, 15) is 0 Å². The van der Waals surface area contributed by atoms with Gasteiger partial charge in [-0.05, 0) is 58.0 Å². The average Bonchev–Trinajstić information content (AvgIpc) is 2.95. The van der Waals surface area contributed by atoms with Crippen LogP contribution in [0.3, 0.4) is 0 Å². The number of halogens is 1. The predicted octanol–water partition coefficient (Wildman–Crippen LogP) is 4.11. The van der Waals surface area contributed by atoms with Crippen molar-refractivity contribution in [2.45, 2.75) is 66.3 Å². The van der Waals surface area contributed by atoms with Gasteiger partial charge in [-0.2, -0.15) is 0 Å². The van der Waals surface area contributed by atoms with Crippen LogP contribution in [0.4, 0.5) is 0 Å². The highest BCUT2D eigenvalue weighted by Crippen LogP contribution is 2.19. The van der Waals surface area contributed by atoms with Gasteiger partial charge in [-0.15, -0.1) is 24.0 Å². The number of aryl methyl sites for hydroxylation is 2. The number of piperidine rings is 1. The summed E-state index contributed by atoms with van der Waals surface area (Å²) >= 11 is 0. The van der Waals surface area contributed by atoms with E-state index < -0.39 is 0 Å². The van der Waals surface area contributed by atoms with Gasteiger partial charge in [0.2, 0.25) is 5.89 Å². The van der Waals surface area contributed by atoms with E-state index in [-0.39, 0.29) is 24.0 Å². The van der Waals surface area contributed by atoms with E-state index >= 15 is 0 Å². The third kappa shape index (κ3) is 9.11. The highest BCUT2D eigenvalue weighted by Gasteiger charge is 2.21. The molecule has 2 rings (SSSR count). The normalized spacial score (nSPS) is 16.3. The molecular weight excluding hydrogens is 465 g/mol. The quantitative estimate of drug-likeness (QED) is 0.229. The molecule has 1 aromatic heterocycles. The van der Waals surface area contributed by atoms with Crippen LogP contribution in [0.5, 0.6) is 0 Å². The number of aromatic nitrogens is 1. The SMILES string of the molecule is CN=C(NCCCCC(C)C)NCC1CCN(Cc2nc(C)c(C)o2)CC1.I. The molecule has 7 heteroatoms. The zero-order chi connectivity index (χ0) is 19.6. The van der Waals surface area contributed by atoms with E-state index in [4.69, 9.17) is 4.42 Å². The van der Waals surface area contributed by atoms with E-state index in [0.717, 1.165) is 61.9 Å². The van der Waals surface area contributed by atoms with Crippen LogP contribution in [-0.4, -0.2) is 49.1 Å². The van der Waals surface area contributed by atoms with Gasteiger partial charge < -0.3 is 15.1 Å². The number of hydrogen-bond donors (Lipinski definition) is 2. The molecule has 0 saturated carbocycles. The minimum Gasteiger partial charge on any atom is -0.444 e. The fraction of sp³-hybridized carbons (Fsp3) is 0.810. The number of hydrogen-bond acceptors (Lipinski definition) is 4. The van der Waals surface area contributed by atoms with Crippen LogP contribution in [-0.2, 0) is 6.54 Å². The highest BCUT2D eigenvalue weighted by molar-refractivity contribution is 14.0. The van der Waals surface area contributed by atoms with E-state index in [0.29, 0.717) is 5.92 Å². The van der Waals surface area contributed by atoms with Crippen molar-refractivity contribution in [2.24, 2.45) is 16.8 Å². The van der Waals surface area contributed by atoms with Gasteiger partial charge in [0.25, 0.3) is 0 Å². The van der Waals surface area contributed by atoms with Crippen molar-refractivity contribution >= 4 is 29.9 Å². The summed E-state index contributed by atoms with van der Waals surface area (Å²) in [6, 6.07) is 0. The number of nitrogens with one attached hydrogen (secondary N) is 2. The maximum atomic E-state index is 5.72. The molecule has 0 bridgehead atoms. The summed E-state index contributed by atoms with van der Waals surface area (Å²) in [4.78, 5) is 11.3. The minimum atomic E-state index is 0. The second kappa shape index (κ2) is 13.4. The molecule has 28 heavy (non-hydrogen) atoms. The molecule has 0 unspecified atom stereocenters. The smallest absolute Gasteiger partial charge is 0.208 e. The Hall–Kier alpha value is -0.830. The number of unbranched alkanes of at least 4 members (excludes halogenated alkanes) is 1. The number of oxazole rings is 1. The first-order chi connectivity index (χ1) is 13.0. The van der Waals surface area contributed by atoms with Crippen molar-refractivity contribution in [3.05, 3.63) is 17.3 Å². The lowest BCUT2D eigenvalue weighted by atomic mass is 9.97. The van der Waals surface area contributed by atoms with Crippen LogP contribution < -0.4 is 10.6 Å². The molecule has 0 amide bonds. The van der Waals surface area contributed by atoms with Crippen LogP contribution >= 0.6 is 24.0 Å². The standard InChI is InChI=1S/C21H39N5O.HI/c1-16(2)8-6-7-11-23-21(22-5)24-14-19-9-12-26(13-10-19)15-20-25-17(3)18(4)27-20;/h16,19H,6-15H2,1-5H3,(H2,22,23,24);1H. The third-order valence-corrected chi connectivity index (χ3v) is 5.42. The first kappa shape index (κ1) is 25.2.